The van der Waals surface area contributed by atoms with Crippen molar-refractivity contribution >= 4 is 28.3 Å². The van der Waals surface area contributed by atoms with Crippen molar-refractivity contribution in [3.63, 3.8) is 0 Å². The van der Waals surface area contributed by atoms with Crippen molar-refractivity contribution in [2.75, 3.05) is 24.5 Å². The third-order valence-corrected chi connectivity index (χ3v) is 7.54. The van der Waals surface area contributed by atoms with Gasteiger partial charge in [-0.2, -0.15) is 5.10 Å². The van der Waals surface area contributed by atoms with Crippen molar-refractivity contribution in [3.05, 3.63) is 79.1 Å². The number of fused-ring (bicyclic) bond motifs is 2. The minimum absolute atomic E-state index is 0.160. The van der Waals surface area contributed by atoms with Crippen LogP contribution in [0.3, 0.4) is 0 Å². The number of anilines is 1. The minimum Gasteiger partial charge on any atom is -0.465 e. The molecule has 1 aliphatic rings. The lowest BCUT2D eigenvalue weighted by Crippen LogP contribution is -2.59. The van der Waals surface area contributed by atoms with E-state index in [4.69, 9.17) is 4.98 Å². The van der Waals surface area contributed by atoms with Crippen LogP contribution in [0.4, 0.5) is 14.9 Å². The molecule has 3 aromatic heterocycles. The molecule has 5 aromatic rings. The predicted octanol–water partition coefficient (Wildman–Crippen LogP) is 5.97. The third kappa shape index (κ3) is 4.43. The fourth-order valence-electron chi connectivity index (χ4n) is 5.45. The van der Waals surface area contributed by atoms with Crippen molar-refractivity contribution in [3.8, 4) is 22.3 Å². The third-order valence-electron chi connectivity index (χ3n) is 7.54. The van der Waals surface area contributed by atoms with Crippen molar-refractivity contribution in [2.45, 2.75) is 26.8 Å². The van der Waals surface area contributed by atoms with Crippen molar-refractivity contribution in [1.29, 1.82) is 0 Å². The summed E-state index contributed by atoms with van der Waals surface area (Å²) < 4.78 is 17.3. The number of halogens is 1. The Hall–Kier alpha value is -4.53. The zero-order chi connectivity index (χ0) is 27.3. The fraction of sp³-hybridized carbons (Fsp3) is 0.267. The second-order valence-corrected chi connectivity index (χ2v) is 11.0. The van der Waals surface area contributed by atoms with Gasteiger partial charge in [0.2, 0.25) is 0 Å². The number of aromatic nitrogens is 4. The Bertz CT molecular complexity index is 1700. The van der Waals surface area contributed by atoms with Gasteiger partial charge in [-0.3, -0.25) is 4.98 Å². The van der Waals surface area contributed by atoms with Crippen LogP contribution in [0.5, 0.6) is 0 Å². The molecule has 1 aliphatic heterocycles. The standard InChI is InChI=1S/C30H29FN6O2/c1-30(2,3)27-18-35(29(38)39)12-13-36(27)26-9-8-19(14-24(26)31)20-15-33-28-23(16-34-37(28)17-20)21-10-11-32-25-7-5-4-6-22(21)25/h4-11,14-17,27H,12-13,18H2,1-3H3,(H,38,39). The van der Waals surface area contributed by atoms with Gasteiger partial charge in [0.15, 0.2) is 5.65 Å². The van der Waals surface area contributed by atoms with E-state index in [2.05, 4.69) is 30.9 Å². The first-order chi connectivity index (χ1) is 18.7. The Kier molecular flexibility index (Phi) is 5.94. The van der Waals surface area contributed by atoms with Gasteiger partial charge in [0.1, 0.15) is 5.82 Å². The van der Waals surface area contributed by atoms with E-state index < -0.39 is 6.09 Å². The van der Waals surface area contributed by atoms with Gasteiger partial charge < -0.3 is 14.9 Å². The first-order valence-corrected chi connectivity index (χ1v) is 12.9. The zero-order valence-electron chi connectivity index (χ0n) is 22.0. The van der Waals surface area contributed by atoms with Gasteiger partial charge in [-0.05, 0) is 40.8 Å². The molecule has 1 unspecified atom stereocenters. The normalized spacial score (nSPS) is 16.3. The number of nitrogens with zero attached hydrogens (tertiary/aromatic N) is 6. The molecular formula is C30H29FN6O2. The van der Waals surface area contributed by atoms with E-state index in [1.54, 1.807) is 29.2 Å². The first-order valence-electron chi connectivity index (χ1n) is 12.9. The van der Waals surface area contributed by atoms with E-state index in [9.17, 15) is 9.90 Å². The summed E-state index contributed by atoms with van der Waals surface area (Å²) >= 11 is 0. The van der Waals surface area contributed by atoms with Crippen molar-refractivity contribution < 1.29 is 14.3 Å². The predicted molar refractivity (Wildman–Crippen MR) is 149 cm³/mol. The zero-order valence-corrected chi connectivity index (χ0v) is 22.0. The number of para-hydroxylation sites is 1. The number of pyridine rings is 1. The maximum atomic E-state index is 15.6. The van der Waals surface area contributed by atoms with Crippen LogP contribution in [-0.4, -0.2) is 61.4 Å². The van der Waals surface area contributed by atoms with Crippen molar-refractivity contribution in [1.82, 2.24) is 24.5 Å². The van der Waals surface area contributed by atoms with Crippen LogP contribution in [-0.2, 0) is 0 Å². The molecule has 4 heterocycles. The van der Waals surface area contributed by atoms with E-state index in [-0.39, 0.29) is 17.3 Å². The molecule has 2 aromatic carbocycles. The highest BCUT2D eigenvalue weighted by Gasteiger charge is 2.38. The molecule has 0 aliphatic carbocycles. The Labute approximate surface area is 225 Å². The van der Waals surface area contributed by atoms with Gasteiger partial charge in [-0.25, -0.2) is 18.7 Å². The molecule has 198 valence electrons. The topological polar surface area (TPSA) is 86.9 Å². The highest BCUT2D eigenvalue weighted by molar-refractivity contribution is 5.97. The van der Waals surface area contributed by atoms with Crippen LogP contribution in [0.25, 0.3) is 38.8 Å². The lowest BCUT2D eigenvalue weighted by Gasteiger charge is -2.47. The Balaban J connectivity index is 1.33. The summed E-state index contributed by atoms with van der Waals surface area (Å²) in [6.45, 7) is 7.24. The van der Waals surface area contributed by atoms with Crippen LogP contribution in [0.15, 0.2) is 73.3 Å². The van der Waals surface area contributed by atoms with E-state index >= 15 is 4.39 Å². The van der Waals surface area contributed by atoms with Crippen LogP contribution in [0, 0.1) is 11.2 Å². The molecule has 1 amide bonds. The molecule has 8 nitrogen and oxygen atoms in total. The number of carbonyl (C=O) groups is 1. The molecule has 0 spiro atoms. The summed E-state index contributed by atoms with van der Waals surface area (Å²) in [5.74, 6) is -0.352. The first kappa shape index (κ1) is 24.8. The lowest BCUT2D eigenvalue weighted by atomic mass is 9.83. The maximum absolute atomic E-state index is 15.6. The largest absolute Gasteiger partial charge is 0.465 e. The van der Waals surface area contributed by atoms with Crippen molar-refractivity contribution in [2.24, 2.45) is 5.41 Å². The van der Waals surface area contributed by atoms with Gasteiger partial charge in [-0.1, -0.05) is 45.0 Å². The molecule has 1 atom stereocenters. The van der Waals surface area contributed by atoms with E-state index in [1.165, 1.54) is 11.0 Å². The Morgan fingerprint density at radius 3 is 2.59 bits per heavy atom. The quantitative estimate of drug-likeness (QED) is 0.313. The summed E-state index contributed by atoms with van der Waals surface area (Å²) in [6.07, 6.45) is 6.23. The maximum Gasteiger partial charge on any atom is 0.407 e. The van der Waals surface area contributed by atoms with E-state index in [0.717, 1.165) is 27.6 Å². The summed E-state index contributed by atoms with van der Waals surface area (Å²) in [5, 5.41) is 15.1. The summed E-state index contributed by atoms with van der Waals surface area (Å²) in [5.41, 5.74) is 5.17. The van der Waals surface area contributed by atoms with Crippen LogP contribution < -0.4 is 4.90 Å². The van der Waals surface area contributed by atoms with Gasteiger partial charge in [0.05, 0.1) is 23.4 Å². The van der Waals surface area contributed by atoms with Gasteiger partial charge >= 0.3 is 6.09 Å². The second kappa shape index (κ2) is 9.34. The fourth-order valence-corrected chi connectivity index (χ4v) is 5.45. The van der Waals surface area contributed by atoms with Crippen LogP contribution in [0.2, 0.25) is 0 Å². The van der Waals surface area contributed by atoms with Crippen LogP contribution >= 0.6 is 0 Å². The number of piperazine rings is 1. The van der Waals surface area contributed by atoms with E-state index in [1.807, 2.05) is 47.5 Å². The molecule has 0 radical (unpaired) electrons. The molecule has 1 saturated heterocycles. The summed E-state index contributed by atoms with van der Waals surface area (Å²) in [6, 6.07) is 14.9. The number of carboxylic acid groups (broad SMARTS) is 1. The molecule has 6 rings (SSSR count). The number of amides is 1. The Morgan fingerprint density at radius 1 is 1.00 bits per heavy atom. The molecule has 0 saturated carbocycles. The SMILES string of the molecule is CC(C)(C)C1CN(C(=O)O)CCN1c1ccc(-c2cnc3c(-c4ccnc5ccccc45)cnn3c2)cc1F. The second-order valence-electron chi connectivity index (χ2n) is 11.0. The average molecular weight is 525 g/mol. The number of benzene rings is 2. The molecule has 39 heavy (non-hydrogen) atoms. The summed E-state index contributed by atoms with van der Waals surface area (Å²) in [7, 11) is 0. The smallest absolute Gasteiger partial charge is 0.407 e. The average Bonchev–Trinajstić information content (AvgIpc) is 3.35. The van der Waals surface area contributed by atoms with Gasteiger partial charge in [0.25, 0.3) is 0 Å². The number of rotatable bonds is 3. The van der Waals surface area contributed by atoms with Gasteiger partial charge in [0, 0.05) is 54.7 Å². The highest BCUT2D eigenvalue weighted by Crippen LogP contribution is 2.35. The Morgan fingerprint density at radius 2 is 1.82 bits per heavy atom. The summed E-state index contributed by atoms with van der Waals surface area (Å²) in [4.78, 5) is 24.1. The lowest BCUT2D eigenvalue weighted by molar-refractivity contribution is 0.118. The molecular weight excluding hydrogens is 495 g/mol. The molecule has 1 N–H and O–H groups in total. The highest BCUT2D eigenvalue weighted by atomic mass is 19.1. The number of hydrogen-bond acceptors (Lipinski definition) is 5. The molecule has 0 bridgehead atoms. The molecule has 1 fully saturated rings. The minimum atomic E-state index is -0.943. The molecule has 9 heteroatoms. The monoisotopic (exact) mass is 524 g/mol. The van der Waals surface area contributed by atoms with Gasteiger partial charge in [-0.15, -0.1) is 0 Å². The number of hydrogen-bond donors (Lipinski definition) is 1. The van der Waals surface area contributed by atoms with Crippen LogP contribution in [0.1, 0.15) is 20.8 Å². The van der Waals surface area contributed by atoms with E-state index in [0.29, 0.717) is 36.5 Å².